The summed E-state index contributed by atoms with van der Waals surface area (Å²) in [5, 5.41) is -0.441. The van der Waals surface area contributed by atoms with Gasteiger partial charge in [0.05, 0.1) is 13.5 Å². The lowest BCUT2D eigenvalue weighted by molar-refractivity contribution is -1.08. The first-order chi connectivity index (χ1) is 36.2. The van der Waals surface area contributed by atoms with Crippen molar-refractivity contribution in [2.24, 2.45) is 0 Å². The van der Waals surface area contributed by atoms with Crippen LogP contribution in [0, 0.1) is 0 Å². The Kier molecular flexibility index (Phi) is 25.9. The Hall–Kier alpha value is -4.52. The number of quaternary nitrogens is 1. The first-order valence-electron chi connectivity index (χ1n) is 25.3. The van der Waals surface area contributed by atoms with Crippen molar-refractivity contribution in [3.05, 3.63) is 0 Å². The average molecular weight is 1160 g/mol. The van der Waals surface area contributed by atoms with Crippen LogP contribution in [0.2, 0.25) is 18.1 Å². The molecule has 78 heavy (non-hydrogen) atoms. The maximum atomic E-state index is 13.7. The Morgan fingerprint density at radius 2 is 0.821 bits per heavy atom. The lowest BCUT2D eigenvalue weighted by atomic mass is 9.95. The largest absolute Gasteiger partial charge is 0.781 e. The molecule has 16 atom stereocenters. The highest BCUT2D eigenvalue weighted by Crippen LogP contribution is 2.43. The molecule has 3 saturated heterocycles. The maximum Gasteiger partial charge on any atom is 0.571 e. The molecule has 1 radical (unpaired) electrons. The maximum absolute atomic E-state index is 13.7. The Labute approximate surface area is 455 Å². The van der Waals surface area contributed by atoms with Crippen LogP contribution < -0.4 is 4.89 Å². The van der Waals surface area contributed by atoms with E-state index in [1.807, 2.05) is 33.9 Å². The number of carbonyl (C=O) groups excluding carboxylic acids is 9. The van der Waals surface area contributed by atoms with Gasteiger partial charge in [0.15, 0.2) is 78.3 Å². The minimum Gasteiger partial charge on any atom is -0.781 e. The fraction of sp³-hybridized carbons (Fsp3) is 0.812. The zero-order chi connectivity index (χ0) is 59.2. The monoisotopic (exact) mass is 1160 g/mol. The minimum atomic E-state index is -3.13. The highest BCUT2D eigenvalue weighted by atomic mass is 31.2. The molecule has 3 aliphatic heterocycles. The SMILES string of the molecule is CC[N+](CC)(CC)OP([O-])O[C@H]1O[C@H](COC(C)=O)[C@@H](O[C@@H]2O[C@H](CO[Si](C)(C)C(C)(C)C)[C@H](OC(C)=O)[C@H](O[C@@H]3O[C@H](COC(C)=[O+])[C@H](OC(C)=O)[C@H](OC(C)=O)[C@H]3OC(C)=O)[C@H]2OC(C)=O)[C@H](OC(C)=O)[C@@H]1OC(C)=O. The number of carbonyl (C=O) groups is 9. The van der Waals surface area contributed by atoms with E-state index < -0.39 is 188 Å². The van der Waals surface area contributed by atoms with Crippen molar-refractivity contribution in [2.45, 2.75) is 214 Å². The molecule has 1 unspecified atom stereocenters. The van der Waals surface area contributed by atoms with Crippen molar-refractivity contribution >= 4 is 70.6 Å². The van der Waals surface area contributed by atoms with Crippen LogP contribution in [0.15, 0.2) is 0 Å². The lowest BCUT2D eigenvalue weighted by Crippen LogP contribution is -2.69. The minimum absolute atomic E-state index is 0.151. The molecule has 0 aromatic carbocycles. The molecular formula is C48H78NO27PSi+. The third-order valence-electron chi connectivity index (χ3n) is 12.9. The Balaban J connectivity index is 2.44. The van der Waals surface area contributed by atoms with E-state index in [1.54, 1.807) is 20.8 Å². The van der Waals surface area contributed by atoms with E-state index in [4.69, 9.17) is 79.9 Å². The van der Waals surface area contributed by atoms with Gasteiger partial charge in [0.2, 0.25) is 12.9 Å². The Morgan fingerprint density at radius 3 is 1.23 bits per heavy atom. The summed E-state index contributed by atoms with van der Waals surface area (Å²) in [6.07, 6.45) is -27.1. The van der Waals surface area contributed by atoms with Gasteiger partial charge >= 0.3 is 53.7 Å². The van der Waals surface area contributed by atoms with E-state index in [1.165, 1.54) is 0 Å². The number of hydroxylamine groups is 3. The number of nitrogens with zero attached hydrogens (tertiary/aromatic N) is 1. The number of rotatable bonds is 25. The van der Waals surface area contributed by atoms with Crippen LogP contribution in [0.25, 0.3) is 0 Å². The topological polar surface area (TPSA) is 336 Å². The van der Waals surface area contributed by atoms with Gasteiger partial charge in [0.25, 0.3) is 0 Å². The van der Waals surface area contributed by atoms with Gasteiger partial charge in [-0.1, -0.05) is 20.8 Å². The number of esters is 9. The van der Waals surface area contributed by atoms with Gasteiger partial charge in [-0.3, -0.25) is 38.4 Å². The summed E-state index contributed by atoms with van der Waals surface area (Å²) in [7, 11) is -5.92. The van der Waals surface area contributed by atoms with Gasteiger partial charge in [-0.05, 0) is 38.9 Å². The standard InChI is InChI=1S/C48H78NO27PSi/c1-18-49(19-2,20-3)76-77(59)75-47-44(69-32(12)58)40(66-29(9)55)38(34(72-47)22-61-25(5)51)73-45-43(68-31(11)57)41(37(64-27(7)53)35(71-45)23-62-78(16,17)48(13,14)15)74-46-42(67-30(10)56)39(65-28(8)54)36(63-26(6)52)33(70-46)21-60-24(4)50/h33-47H,18-23H2,1-17H3/q+1/t33-,34-,35-,36+,37+,38-,39+,40+,41+,42-,43-,44+,45+,46+,47-,77?/m1/s1. The molecule has 0 saturated carbocycles. The van der Waals surface area contributed by atoms with Gasteiger partial charge in [-0.15, -0.1) is 0 Å². The number of hydrogen-bond acceptors (Lipinski definition) is 27. The molecule has 0 aromatic rings. The van der Waals surface area contributed by atoms with Crippen LogP contribution in [-0.4, -0.2) is 198 Å². The fourth-order valence-electron chi connectivity index (χ4n) is 8.24. The van der Waals surface area contributed by atoms with Crippen molar-refractivity contribution in [3.8, 4) is 0 Å². The molecule has 0 bridgehead atoms. The number of ether oxygens (including phenoxy) is 14. The van der Waals surface area contributed by atoms with Crippen LogP contribution in [-0.2, 0) is 123 Å². The first kappa shape index (κ1) is 67.8. The quantitative estimate of drug-likeness (QED) is 0.0240. The van der Waals surface area contributed by atoms with Crippen molar-refractivity contribution in [3.63, 3.8) is 0 Å². The van der Waals surface area contributed by atoms with E-state index in [0.717, 1.165) is 62.3 Å². The summed E-state index contributed by atoms with van der Waals surface area (Å²) in [6.45, 7) is 23.4. The Morgan fingerprint density at radius 1 is 0.487 bits per heavy atom. The second kappa shape index (κ2) is 29.8. The van der Waals surface area contributed by atoms with Crippen molar-refractivity contribution in [1.29, 1.82) is 0 Å². The number of hydrogen-bond donors (Lipinski definition) is 0. The average Bonchev–Trinajstić information content (AvgIpc) is 3.30. The van der Waals surface area contributed by atoms with Gasteiger partial charge < -0.3 is 80.2 Å². The highest BCUT2D eigenvalue weighted by Gasteiger charge is 2.61. The predicted octanol–water partition coefficient (Wildman–Crippen LogP) is 2.01. The summed E-state index contributed by atoms with van der Waals surface area (Å²) in [4.78, 5) is 129. The molecule has 0 N–H and O–H groups in total. The molecule has 0 amide bonds. The molecule has 0 aliphatic carbocycles. The van der Waals surface area contributed by atoms with Crippen LogP contribution >= 0.6 is 8.60 Å². The van der Waals surface area contributed by atoms with E-state index in [2.05, 4.69) is 0 Å². The molecule has 445 valence electrons. The molecule has 28 nitrogen and oxygen atoms in total. The van der Waals surface area contributed by atoms with Gasteiger partial charge in [-0.2, -0.15) is 9.27 Å². The summed E-state index contributed by atoms with van der Waals surface area (Å²) >= 11 is 0. The second-order valence-electron chi connectivity index (χ2n) is 19.9. The van der Waals surface area contributed by atoms with Crippen molar-refractivity contribution in [1.82, 2.24) is 0 Å². The molecule has 3 fully saturated rings. The molecule has 0 spiro atoms. The smallest absolute Gasteiger partial charge is 0.571 e. The van der Waals surface area contributed by atoms with Crippen LogP contribution in [0.5, 0.6) is 0 Å². The van der Waals surface area contributed by atoms with Gasteiger partial charge in [0, 0.05) is 60.2 Å². The van der Waals surface area contributed by atoms with Crippen LogP contribution in [0.1, 0.15) is 104 Å². The third kappa shape index (κ3) is 19.6. The Bertz CT molecular complexity index is 2080. The summed E-state index contributed by atoms with van der Waals surface area (Å²) in [5.41, 5.74) is 0. The van der Waals surface area contributed by atoms with Crippen molar-refractivity contribution in [2.75, 3.05) is 39.5 Å². The highest BCUT2D eigenvalue weighted by molar-refractivity contribution is 7.38. The second-order valence-corrected chi connectivity index (χ2v) is 25.6. The third-order valence-corrected chi connectivity index (χ3v) is 18.3. The fourth-order valence-corrected chi connectivity index (χ4v) is 10.3. The molecule has 0 aromatic heterocycles. The van der Waals surface area contributed by atoms with E-state index in [-0.39, 0.29) is 4.65 Å². The van der Waals surface area contributed by atoms with E-state index >= 15 is 0 Å². The molecule has 3 rings (SSSR count). The predicted molar refractivity (Wildman–Crippen MR) is 262 cm³/mol. The normalized spacial score (nSPS) is 29.8. The first-order valence-corrected chi connectivity index (χ1v) is 29.3. The molecule has 3 aliphatic rings. The molecular weight excluding hydrogens is 1080 g/mol. The van der Waals surface area contributed by atoms with E-state index in [9.17, 15) is 48.0 Å². The van der Waals surface area contributed by atoms with Gasteiger partial charge in [0.1, 0.15) is 50.7 Å². The summed E-state index contributed by atoms with van der Waals surface area (Å²) in [6, 6.07) is 0. The van der Waals surface area contributed by atoms with Gasteiger partial charge in [-0.25, -0.2) is 0 Å². The van der Waals surface area contributed by atoms with E-state index in [0.29, 0.717) is 19.6 Å². The lowest BCUT2D eigenvalue weighted by Gasteiger charge is -2.51. The van der Waals surface area contributed by atoms with Crippen LogP contribution in [0.4, 0.5) is 0 Å². The zero-order valence-electron chi connectivity index (χ0n) is 47.3. The van der Waals surface area contributed by atoms with Crippen LogP contribution in [0.3, 0.4) is 0 Å². The summed E-state index contributed by atoms with van der Waals surface area (Å²) < 4.78 is 101. The summed E-state index contributed by atoms with van der Waals surface area (Å²) in [5.74, 6) is -8.57. The zero-order valence-corrected chi connectivity index (χ0v) is 49.2. The molecule has 3 heterocycles. The van der Waals surface area contributed by atoms with Crippen molar-refractivity contribution < 1.29 is 133 Å². The molecule has 30 heteroatoms.